The van der Waals surface area contributed by atoms with Gasteiger partial charge >= 0.3 is 0 Å². The van der Waals surface area contributed by atoms with Gasteiger partial charge in [0.1, 0.15) is 11.4 Å². The molecule has 1 aliphatic heterocycles. The van der Waals surface area contributed by atoms with Crippen LogP contribution in [0.5, 0.6) is 5.75 Å². The van der Waals surface area contributed by atoms with Gasteiger partial charge in [0.05, 0.1) is 31.1 Å². The molecule has 7 nitrogen and oxygen atoms in total. The fourth-order valence-electron chi connectivity index (χ4n) is 3.52. The molecular weight excluding hydrogens is 432 g/mol. The van der Waals surface area contributed by atoms with Crippen LogP contribution in [-0.2, 0) is 19.1 Å². The molecule has 0 unspecified atom stereocenters. The number of anilines is 1. The summed E-state index contributed by atoms with van der Waals surface area (Å²) in [6.07, 6.45) is 0. The third-order valence-electron chi connectivity index (χ3n) is 5.05. The van der Waals surface area contributed by atoms with E-state index in [0.29, 0.717) is 66.2 Å². The molecule has 170 valence electrons. The molecule has 0 saturated carbocycles. The van der Waals surface area contributed by atoms with Crippen LogP contribution in [0.3, 0.4) is 0 Å². The number of rotatable bonds is 11. The van der Waals surface area contributed by atoms with Crippen LogP contribution >= 0.6 is 11.6 Å². The lowest BCUT2D eigenvalue weighted by molar-refractivity contribution is -0.120. The maximum atomic E-state index is 13.6. The van der Waals surface area contributed by atoms with Crippen molar-refractivity contribution in [2.75, 3.05) is 52.0 Å². The Morgan fingerprint density at radius 1 is 0.875 bits per heavy atom. The van der Waals surface area contributed by atoms with E-state index in [9.17, 15) is 9.59 Å². The molecule has 0 atom stereocenters. The summed E-state index contributed by atoms with van der Waals surface area (Å²) in [6.45, 7) is 4.08. The summed E-state index contributed by atoms with van der Waals surface area (Å²) >= 11 is 6.05. The molecule has 2 amide bonds. The predicted octanol–water partition coefficient (Wildman–Crippen LogP) is 3.62. The number of benzene rings is 2. The van der Waals surface area contributed by atoms with E-state index in [1.54, 1.807) is 62.8 Å². The third kappa shape index (κ3) is 5.12. The Bertz CT molecular complexity index is 965. The number of imide groups is 1. The van der Waals surface area contributed by atoms with Gasteiger partial charge in [-0.05, 0) is 48.9 Å². The van der Waals surface area contributed by atoms with Crippen LogP contribution < -0.4 is 9.64 Å². The Morgan fingerprint density at radius 3 is 2.00 bits per heavy atom. The van der Waals surface area contributed by atoms with Gasteiger partial charge in [-0.3, -0.25) is 9.59 Å². The van der Waals surface area contributed by atoms with Gasteiger partial charge in [0.15, 0.2) is 0 Å². The van der Waals surface area contributed by atoms with Gasteiger partial charge < -0.3 is 19.1 Å². The Kier molecular flexibility index (Phi) is 8.27. The van der Waals surface area contributed by atoms with Crippen LogP contribution in [0.4, 0.5) is 5.69 Å². The van der Waals surface area contributed by atoms with Crippen molar-refractivity contribution in [3.8, 4) is 5.75 Å². The molecule has 2 aromatic rings. The molecule has 8 heteroatoms. The Morgan fingerprint density at radius 2 is 1.47 bits per heavy atom. The Labute approximate surface area is 193 Å². The minimum absolute atomic E-state index is 0.320. The zero-order valence-corrected chi connectivity index (χ0v) is 19.2. The standard InChI is InChI=1S/C24H27ClN2O5/c1-4-32-20-11-9-19(10-12-20)27-23(28)21(17-5-7-18(25)8-6-17)22(24(27)29)26(13-15-30-2)14-16-31-3/h5-12H,4,13-16H2,1-3H3. The molecule has 1 heterocycles. The minimum Gasteiger partial charge on any atom is -0.494 e. The van der Waals surface area contributed by atoms with E-state index in [0.717, 1.165) is 0 Å². The SMILES string of the molecule is CCOc1ccc(N2C(=O)C(c3ccc(Cl)cc3)=C(N(CCOC)CCOC)C2=O)cc1. The van der Waals surface area contributed by atoms with Gasteiger partial charge in [0.2, 0.25) is 0 Å². The predicted molar refractivity (Wildman–Crippen MR) is 124 cm³/mol. The summed E-state index contributed by atoms with van der Waals surface area (Å²) in [5.74, 6) is -0.115. The molecule has 0 spiro atoms. The van der Waals surface area contributed by atoms with E-state index < -0.39 is 11.8 Å². The van der Waals surface area contributed by atoms with E-state index in [4.69, 9.17) is 25.8 Å². The van der Waals surface area contributed by atoms with Crippen molar-refractivity contribution in [2.24, 2.45) is 0 Å². The lowest BCUT2D eigenvalue weighted by atomic mass is 10.0. The molecule has 32 heavy (non-hydrogen) atoms. The van der Waals surface area contributed by atoms with Gasteiger partial charge in [-0.1, -0.05) is 23.7 Å². The monoisotopic (exact) mass is 458 g/mol. The van der Waals surface area contributed by atoms with Crippen LogP contribution in [0.2, 0.25) is 5.02 Å². The Balaban J connectivity index is 2.06. The Hall–Kier alpha value is -2.87. The van der Waals surface area contributed by atoms with Crippen molar-refractivity contribution in [3.05, 3.63) is 64.8 Å². The maximum Gasteiger partial charge on any atom is 0.282 e. The zero-order chi connectivity index (χ0) is 23.1. The second-order valence-corrected chi connectivity index (χ2v) is 7.51. The van der Waals surface area contributed by atoms with Crippen LogP contribution in [0.25, 0.3) is 5.57 Å². The number of carbonyl (C=O) groups excluding carboxylic acids is 2. The molecule has 0 radical (unpaired) electrons. The summed E-state index contributed by atoms with van der Waals surface area (Å²) in [4.78, 5) is 30.2. The van der Waals surface area contributed by atoms with E-state index in [-0.39, 0.29) is 0 Å². The van der Waals surface area contributed by atoms with Gasteiger partial charge in [0.25, 0.3) is 11.8 Å². The van der Waals surface area contributed by atoms with Crippen molar-refractivity contribution in [3.63, 3.8) is 0 Å². The zero-order valence-electron chi connectivity index (χ0n) is 18.5. The fraction of sp³-hybridized carbons (Fsp3) is 0.333. The highest BCUT2D eigenvalue weighted by molar-refractivity contribution is 6.45. The number of nitrogens with zero attached hydrogens (tertiary/aromatic N) is 2. The number of halogens is 1. The number of hydrogen-bond donors (Lipinski definition) is 0. The van der Waals surface area contributed by atoms with E-state index in [1.165, 1.54) is 4.90 Å². The number of ether oxygens (including phenoxy) is 3. The largest absolute Gasteiger partial charge is 0.494 e. The van der Waals surface area contributed by atoms with E-state index in [2.05, 4.69) is 0 Å². The molecule has 1 aliphatic rings. The van der Waals surface area contributed by atoms with Crippen LogP contribution in [0, 0.1) is 0 Å². The fourth-order valence-corrected chi connectivity index (χ4v) is 3.65. The van der Waals surface area contributed by atoms with Gasteiger partial charge in [-0.15, -0.1) is 0 Å². The average Bonchev–Trinajstić information content (AvgIpc) is 3.05. The van der Waals surface area contributed by atoms with Gasteiger partial charge in [-0.25, -0.2) is 4.90 Å². The summed E-state index contributed by atoms with van der Waals surface area (Å²) in [6, 6.07) is 13.8. The van der Waals surface area contributed by atoms with E-state index in [1.807, 2.05) is 11.8 Å². The molecule has 0 bridgehead atoms. The smallest absolute Gasteiger partial charge is 0.282 e. The van der Waals surface area contributed by atoms with Crippen LogP contribution in [-0.4, -0.2) is 63.8 Å². The summed E-state index contributed by atoms with van der Waals surface area (Å²) in [7, 11) is 3.19. The van der Waals surface area contributed by atoms with Gasteiger partial charge in [0, 0.05) is 32.3 Å². The maximum absolute atomic E-state index is 13.6. The summed E-state index contributed by atoms with van der Waals surface area (Å²) < 4.78 is 15.9. The second-order valence-electron chi connectivity index (χ2n) is 7.08. The van der Waals surface area contributed by atoms with Crippen molar-refractivity contribution in [2.45, 2.75) is 6.92 Å². The molecular formula is C24H27ClN2O5. The van der Waals surface area contributed by atoms with Crippen molar-refractivity contribution in [1.29, 1.82) is 0 Å². The normalized spacial score (nSPS) is 13.8. The summed E-state index contributed by atoms with van der Waals surface area (Å²) in [5.41, 5.74) is 1.74. The van der Waals surface area contributed by atoms with Crippen LogP contribution in [0.1, 0.15) is 12.5 Å². The quantitative estimate of drug-likeness (QED) is 0.479. The van der Waals surface area contributed by atoms with Crippen molar-refractivity contribution in [1.82, 2.24) is 4.90 Å². The highest BCUT2D eigenvalue weighted by Crippen LogP contribution is 2.35. The molecule has 0 N–H and O–H groups in total. The second kappa shape index (κ2) is 11.1. The highest BCUT2D eigenvalue weighted by Gasteiger charge is 2.42. The molecule has 0 aliphatic carbocycles. The molecule has 2 aromatic carbocycles. The van der Waals surface area contributed by atoms with Crippen LogP contribution in [0.15, 0.2) is 54.2 Å². The number of amides is 2. The molecule has 0 fully saturated rings. The van der Waals surface area contributed by atoms with Gasteiger partial charge in [-0.2, -0.15) is 0 Å². The first-order valence-electron chi connectivity index (χ1n) is 10.4. The topological polar surface area (TPSA) is 68.3 Å². The third-order valence-corrected chi connectivity index (χ3v) is 5.30. The van der Waals surface area contributed by atoms with Crippen molar-refractivity contribution >= 4 is 34.7 Å². The first kappa shape index (κ1) is 23.8. The first-order valence-corrected chi connectivity index (χ1v) is 10.7. The molecule has 0 aromatic heterocycles. The van der Waals surface area contributed by atoms with Crippen molar-refractivity contribution < 1.29 is 23.8 Å². The molecule has 0 saturated heterocycles. The first-order chi connectivity index (χ1) is 15.5. The summed E-state index contributed by atoms with van der Waals surface area (Å²) in [5, 5.41) is 0.548. The highest BCUT2D eigenvalue weighted by atomic mass is 35.5. The lowest BCUT2D eigenvalue weighted by Crippen LogP contribution is -2.37. The number of methoxy groups -OCH3 is 2. The average molecular weight is 459 g/mol. The van der Waals surface area contributed by atoms with E-state index >= 15 is 0 Å². The lowest BCUT2D eigenvalue weighted by Gasteiger charge is -2.25. The molecule has 3 rings (SSSR count). The number of carbonyl (C=O) groups is 2. The number of hydrogen-bond acceptors (Lipinski definition) is 6. The minimum atomic E-state index is -0.392.